The number of carboxylic acids is 1. The van der Waals surface area contributed by atoms with Gasteiger partial charge in [0.15, 0.2) is 0 Å². The van der Waals surface area contributed by atoms with E-state index in [1.807, 2.05) is 4.90 Å². The van der Waals surface area contributed by atoms with Crippen LogP contribution >= 0.6 is 0 Å². The smallest absolute Gasteiger partial charge is 0.323 e. The van der Waals surface area contributed by atoms with Crippen LogP contribution in [0.5, 0.6) is 0 Å². The summed E-state index contributed by atoms with van der Waals surface area (Å²) in [6, 6.07) is -0.0475. The number of methoxy groups -OCH3 is 1. The van der Waals surface area contributed by atoms with Gasteiger partial charge in [0, 0.05) is 39.3 Å². The molecule has 6 nitrogen and oxygen atoms in total. The number of likely N-dealkylation sites (tertiary alicyclic amines) is 1. The quantitative estimate of drug-likeness (QED) is 0.717. The van der Waals surface area contributed by atoms with E-state index in [1.165, 1.54) is 0 Å². The van der Waals surface area contributed by atoms with E-state index in [1.54, 1.807) is 7.11 Å². The second-order valence-corrected chi connectivity index (χ2v) is 4.90. The molecule has 104 valence electrons. The molecule has 0 spiro atoms. The van der Waals surface area contributed by atoms with Crippen molar-refractivity contribution in [1.29, 1.82) is 0 Å². The average Bonchev–Trinajstić information content (AvgIpc) is 2.86. The van der Waals surface area contributed by atoms with Crippen molar-refractivity contribution >= 4 is 5.97 Å². The van der Waals surface area contributed by atoms with Crippen molar-refractivity contribution < 1.29 is 19.4 Å². The highest BCUT2D eigenvalue weighted by atomic mass is 16.5. The van der Waals surface area contributed by atoms with Gasteiger partial charge in [0.05, 0.1) is 19.8 Å². The number of nitrogens with zero attached hydrogens (tertiary/aromatic N) is 2. The highest BCUT2D eigenvalue weighted by Crippen LogP contribution is 2.19. The largest absolute Gasteiger partial charge is 0.480 e. The molecule has 0 aromatic rings. The van der Waals surface area contributed by atoms with Gasteiger partial charge in [-0.15, -0.1) is 0 Å². The van der Waals surface area contributed by atoms with Crippen LogP contribution in [0.3, 0.4) is 0 Å². The van der Waals surface area contributed by atoms with Crippen molar-refractivity contribution in [3.05, 3.63) is 0 Å². The third-order valence-corrected chi connectivity index (χ3v) is 3.81. The highest BCUT2D eigenvalue weighted by Gasteiger charge is 2.35. The fourth-order valence-corrected chi connectivity index (χ4v) is 2.78. The zero-order chi connectivity index (χ0) is 13.0. The number of carbonyl (C=O) groups is 1. The van der Waals surface area contributed by atoms with Crippen molar-refractivity contribution in [2.24, 2.45) is 0 Å². The van der Waals surface area contributed by atoms with Gasteiger partial charge in [0.2, 0.25) is 0 Å². The van der Waals surface area contributed by atoms with Gasteiger partial charge < -0.3 is 14.6 Å². The first kappa shape index (κ1) is 13.7. The van der Waals surface area contributed by atoms with Crippen LogP contribution in [0.15, 0.2) is 0 Å². The predicted octanol–water partition coefficient (Wildman–Crippen LogP) is -0.507. The van der Waals surface area contributed by atoms with Crippen molar-refractivity contribution in [2.45, 2.75) is 18.5 Å². The molecule has 2 aliphatic heterocycles. The lowest BCUT2D eigenvalue weighted by atomic mass is 10.2. The Bertz CT molecular complexity index is 281. The molecule has 0 aromatic carbocycles. The number of morpholine rings is 1. The molecule has 0 amide bonds. The van der Waals surface area contributed by atoms with Crippen LogP contribution in [0.25, 0.3) is 0 Å². The summed E-state index contributed by atoms with van der Waals surface area (Å²) in [6.07, 6.45) is 1.04. The van der Waals surface area contributed by atoms with Gasteiger partial charge in [-0.05, 0) is 6.42 Å². The lowest BCUT2D eigenvalue weighted by molar-refractivity contribution is -0.145. The summed E-state index contributed by atoms with van der Waals surface area (Å²) < 4.78 is 10.3. The van der Waals surface area contributed by atoms with Gasteiger partial charge in [0.25, 0.3) is 0 Å². The van der Waals surface area contributed by atoms with Crippen LogP contribution in [0.1, 0.15) is 6.42 Å². The maximum atomic E-state index is 11.2. The Labute approximate surface area is 107 Å². The van der Waals surface area contributed by atoms with Gasteiger partial charge in [0.1, 0.15) is 6.04 Å². The molecule has 2 fully saturated rings. The number of hydrogen-bond donors (Lipinski definition) is 1. The summed E-state index contributed by atoms with van der Waals surface area (Å²) >= 11 is 0. The topological polar surface area (TPSA) is 62.2 Å². The predicted molar refractivity (Wildman–Crippen MR) is 65.7 cm³/mol. The molecular weight excluding hydrogens is 236 g/mol. The summed E-state index contributed by atoms with van der Waals surface area (Å²) in [7, 11) is 1.55. The third kappa shape index (κ3) is 3.20. The Morgan fingerprint density at radius 2 is 2.17 bits per heavy atom. The maximum Gasteiger partial charge on any atom is 0.323 e. The Morgan fingerprint density at radius 1 is 1.44 bits per heavy atom. The van der Waals surface area contributed by atoms with Crippen molar-refractivity contribution in [3.63, 3.8) is 0 Å². The van der Waals surface area contributed by atoms with E-state index in [2.05, 4.69) is 4.90 Å². The van der Waals surface area contributed by atoms with E-state index in [0.717, 1.165) is 45.8 Å². The number of hydrogen-bond acceptors (Lipinski definition) is 5. The molecular formula is C12H22N2O4. The maximum absolute atomic E-state index is 11.2. The van der Waals surface area contributed by atoms with E-state index in [-0.39, 0.29) is 6.61 Å². The number of rotatable bonds is 5. The molecule has 18 heavy (non-hydrogen) atoms. The van der Waals surface area contributed by atoms with Crippen molar-refractivity contribution in [3.8, 4) is 0 Å². The molecule has 2 rings (SSSR count). The van der Waals surface area contributed by atoms with Crippen LogP contribution in [-0.2, 0) is 14.3 Å². The molecule has 2 atom stereocenters. The molecule has 1 N–H and O–H groups in total. The summed E-state index contributed by atoms with van der Waals surface area (Å²) in [5.41, 5.74) is 0. The van der Waals surface area contributed by atoms with Gasteiger partial charge in [-0.25, -0.2) is 0 Å². The minimum atomic E-state index is -0.792. The number of carboxylic acid groups (broad SMARTS) is 1. The number of ether oxygens (including phenoxy) is 2. The summed E-state index contributed by atoms with van der Waals surface area (Å²) in [6.45, 7) is 5.41. The van der Waals surface area contributed by atoms with Crippen molar-refractivity contribution in [1.82, 2.24) is 9.80 Å². The molecule has 6 heteroatoms. The molecule has 0 saturated carbocycles. The first-order chi connectivity index (χ1) is 8.72. The van der Waals surface area contributed by atoms with Crippen molar-refractivity contribution in [2.75, 3.05) is 53.1 Å². The van der Waals surface area contributed by atoms with Gasteiger partial charge >= 0.3 is 5.97 Å². The molecule has 0 bridgehead atoms. The van der Waals surface area contributed by atoms with E-state index >= 15 is 0 Å². The van der Waals surface area contributed by atoms with E-state index in [9.17, 15) is 9.90 Å². The lowest BCUT2D eigenvalue weighted by Crippen LogP contribution is -2.47. The Balaban J connectivity index is 1.87. The minimum Gasteiger partial charge on any atom is -0.480 e. The molecule has 2 heterocycles. The van der Waals surface area contributed by atoms with Gasteiger partial charge in [-0.1, -0.05) is 0 Å². The summed E-state index contributed by atoms with van der Waals surface area (Å²) in [4.78, 5) is 15.6. The van der Waals surface area contributed by atoms with E-state index < -0.39 is 12.0 Å². The number of aliphatic carboxylic acids is 1. The lowest BCUT2D eigenvalue weighted by Gasteiger charge is -2.32. The van der Waals surface area contributed by atoms with Gasteiger partial charge in [-0.3, -0.25) is 14.6 Å². The minimum absolute atomic E-state index is 0.255. The second kappa shape index (κ2) is 6.47. The summed E-state index contributed by atoms with van der Waals surface area (Å²) in [5, 5.41) is 9.21. The Kier molecular flexibility index (Phi) is 4.94. The second-order valence-electron chi connectivity index (χ2n) is 4.90. The van der Waals surface area contributed by atoms with Gasteiger partial charge in [-0.2, -0.15) is 0 Å². The first-order valence-electron chi connectivity index (χ1n) is 6.50. The molecule has 0 aliphatic carbocycles. The fraction of sp³-hybridized carbons (Fsp3) is 0.917. The van der Waals surface area contributed by atoms with Crippen LogP contribution in [-0.4, -0.2) is 86.1 Å². The monoisotopic (exact) mass is 258 g/mol. The zero-order valence-corrected chi connectivity index (χ0v) is 10.9. The fourth-order valence-electron chi connectivity index (χ4n) is 2.78. The third-order valence-electron chi connectivity index (χ3n) is 3.81. The average molecular weight is 258 g/mol. The van der Waals surface area contributed by atoms with Crippen LogP contribution < -0.4 is 0 Å². The normalized spacial score (nSPS) is 28.4. The van der Waals surface area contributed by atoms with E-state index in [0.29, 0.717) is 6.04 Å². The standard InChI is InChI=1S/C12H22N2O4/c1-17-9-11(12(15)16)14-3-2-10(8-14)13-4-6-18-7-5-13/h10-11H,2-9H2,1H3,(H,15,16). The molecule has 2 aliphatic rings. The van der Waals surface area contributed by atoms with Crippen LogP contribution in [0, 0.1) is 0 Å². The molecule has 2 unspecified atom stereocenters. The Morgan fingerprint density at radius 3 is 2.78 bits per heavy atom. The molecule has 0 aromatic heterocycles. The molecule has 0 radical (unpaired) electrons. The van der Waals surface area contributed by atoms with Crippen LogP contribution in [0.2, 0.25) is 0 Å². The Hall–Kier alpha value is -0.690. The molecule has 2 saturated heterocycles. The van der Waals surface area contributed by atoms with Crippen LogP contribution in [0.4, 0.5) is 0 Å². The highest BCUT2D eigenvalue weighted by molar-refractivity contribution is 5.73. The SMILES string of the molecule is COCC(C(=O)O)N1CCC(N2CCOCC2)C1. The first-order valence-corrected chi connectivity index (χ1v) is 6.50. The zero-order valence-electron chi connectivity index (χ0n) is 10.9. The summed E-state index contributed by atoms with van der Waals surface area (Å²) in [5.74, 6) is -0.792. The van der Waals surface area contributed by atoms with E-state index in [4.69, 9.17) is 9.47 Å².